The van der Waals surface area contributed by atoms with E-state index in [2.05, 4.69) is 5.32 Å². The van der Waals surface area contributed by atoms with Crippen LogP contribution < -0.4 is 5.32 Å². The lowest BCUT2D eigenvalue weighted by Crippen LogP contribution is -2.42. The van der Waals surface area contributed by atoms with Crippen molar-refractivity contribution < 1.29 is 9.59 Å². The predicted octanol–water partition coefficient (Wildman–Crippen LogP) is 3.57. The van der Waals surface area contributed by atoms with Gasteiger partial charge in [-0.05, 0) is 44.2 Å². The van der Waals surface area contributed by atoms with E-state index in [1.165, 1.54) is 0 Å². The summed E-state index contributed by atoms with van der Waals surface area (Å²) in [5.41, 5.74) is 2.73. The van der Waals surface area contributed by atoms with Crippen molar-refractivity contribution >= 4 is 29.1 Å². The fourth-order valence-corrected chi connectivity index (χ4v) is 2.92. The SMILES string of the molecule is CCN(CC(=O)Nc1cc(Cl)ccc1C)C(=O)CN(C)Cc1ccccc1. The molecule has 1 N–H and O–H groups in total. The number of carbonyl (C=O) groups is 2. The van der Waals surface area contributed by atoms with Gasteiger partial charge in [-0.15, -0.1) is 0 Å². The molecule has 0 bridgehead atoms. The molecule has 6 heteroatoms. The highest BCUT2D eigenvalue weighted by molar-refractivity contribution is 6.31. The fraction of sp³-hybridized carbons (Fsp3) is 0.333. The smallest absolute Gasteiger partial charge is 0.244 e. The lowest BCUT2D eigenvalue weighted by atomic mass is 10.2. The van der Waals surface area contributed by atoms with Gasteiger partial charge >= 0.3 is 0 Å². The highest BCUT2D eigenvalue weighted by Gasteiger charge is 2.18. The Morgan fingerprint density at radius 3 is 2.44 bits per heavy atom. The molecule has 2 aromatic rings. The summed E-state index contributed by atoms with van der Waals surface area (Å²) in [6.07, 6.45) is 0. The summed E-state index contributed by atoms with van der Waals surface area (Å²) in [4.78, 5) is 28.4. The van der Waals surface area contributed by atoms with Crippen molar-refractivity contribution in [2.24, 2.45) is 0 Å². The van der Waals surface area contributed by atoms with Crippen LogP contribution in [0.1, 0.15) is 18.1 Å². The van der Waals surface area contributed by atoms with Crippen molar-refractivity contribution in [1.82, 2.24) is 9.80 Å². The maximum atomic E-state index is 12.6. The number of hydrogen-bond acceptors (Lipinski definition) is 3. The minimum absolute atomic E-state index is 0.0143. The van der Waals surface area contributed by atoms with Gasteiger partial charge in [0.15, 0.2) is 0 Å². The number of benzene rings is 2. The third kappa shape index (κ3) is 6.70. The van der Waals surface area contributed by atoms with Crippen LogP contribution in [0.4, 0.5) is 5.69 Å². The number of likely N-dealkylation sites (N-methyl/N-ethyl adjacent to an activating group) is 2. The number of anilines is 1. The molecule has 0 aliphatic heterocycles. The topological polar surface area (TPSA) is 52.7 Å². The van der Waals surface area contributed by atoms with Crippen LogP contribution in [0.25, 0.3) is 0 Å². The van der Waals surface area contributed by atoms with Crippen LogP contribution in [0, 0.1) is 6.92 Å². The second kappa shape index (κ2) is 10.1. The van der Waals surface area contributed by atoms with Gasteiger partial charge < -0.3 is 10.2 Å². The van der Waals surface area contributed by atoms with Gasteiger partial charge in [-0.1, -0.05) is 48.0 Å². The predicted molar refractivity (Wildman–Crippen MR) is 110 cm³/mol. The zero-order chi connectivity index (χ0) is 19.8. The molecule has 27 heavy (non-hydrogen) atoms. The van der Waals surface area contributed by atoms with E-state index in [4.69, 9.17) is 11.6 Å². The summed E-state index contributed by atoms with van der Waals surface area (Å²) >= 11 is 5.99. The van der Waals surface area contributed by atoms with Gasteiger partial charge in [-0.2, -0.15) is 0 Å². The summed E-state index contributed by atoms with van der Waals surface area (Å²) in [6, 6.07) is 15.3. The van der Waals surface area contributed by atoms with Crippen LogP contribution >= 0.6 is 11.6 Å². The monoisotopic (exact) mass is 387 g/mol. The van der Waals surface area contributed by atoms with Crippen LogP contribution in [0.3, 0.4) is 0 Å². The highest BCUT2D eigenvalue weighted by atomic mass is 35.5. The maximum Gasteiger partial charge on any atom is 0.244 e. The first kappa shape index (κ1) is 20.9. The average molecular weight is 388 g/mol. The van der Waals surface area contributed by atoms with Crippen LogP contribution in [0.5, 0.6) is 0 Å². The van der Waals surface area contributed by atoms with Gasteiger partial charge in [0.05, 0.1) is 13.1 Å². The lowest BCUT2D eigenvalue weighted by molar-refractivity contribution is -0.135. The molecule has 0 aliphatic rings. The number of hydrogen-bond donors (Lipinski definition) is 1. The standard InChI is InChI=1S/C21H26ClN3O2/c1-4-25(14-20(26)23-19-12-18(22)11-10-16(19)2)21(27)15-24(3)13-17-8-6-5-7-9-17/h5-12H,4,13-15H2,1-3H3,(H,23,26). The minimum Gasteiger partial charge on any atom is -0.333 e. The zero-order valence-corrected chi connectivity index (χ0v) is 16.8. The van der Waals surface area contributed by atoms with E-state index in [0.29, 0.717) is 23.8 Å². The number of halogens is 1. The van der Waals surface area contributed by atoms with E-state index in [0.717, 1.165) is 11.1 Å². The number of nitrogens with zero attached hydrogens (tertiary/aromatic N) is 2. The number of nitrogens with one attached hydrogen (secondary N) is 1. The Labute approximate surface area is 165 Å². The third-order valence-corrected chi connectivity index (χ3v) is 4.48. The summed E-state index contributed by atoms with van der Waals surface area (Å²) in [7, 11) is 1.90. The Balaban J connectivity index is 1.90. The molecule has 0 aromatic heterocycles. The van der Waals surface area contributed by atoms with E-state index in [9.17, 15) is 9.59 Å². The Kier molecular flexibility index (Phi) is 7.82. The van der Waals surface area contributed by atoms with Crippen LogP contribution in [0.2, 0.25) is 5.02 Å². The van der Waals surface area contributed by atoms with Crippen molar-refractivity contribution in [3.05, 3.63) is 64.7 Å². The molecule has 0 unspecified atom stereocenters. The molecule has 2 rings (SSSR count). The molecule has 2 aromatic carbocycles. The Morgan fingerprint density at radius 1 is 1.07 bits per heavy atom. The second-order valence-electron chi connectivity index (χ2n) is 6.57. The number of rotatable bonds is 8. The molecule has 0 aliphatic carbocycles. The van der Waals surface area contributed by atoms with Crippen LogP contribution in [-0.4, -0.2) is 48.3 Å². The molecule has 0 radical (unpaired) electrons. The molecule has 0 spiro atoms. The maximum absolute atomic E-state index is 12.6. The van der Waals surface area contributed by atoms with Crippen molar-refractivity contribution in [2.45, 2.75) is 20.4 Å². The van der Waals surface area contributed by atoms with E-state index in [1.807, 2.05) is 62.2 Å². The molecule has 0 heterocycles. The van der Waals surface area contributed by atoms with Gasteiger partial charge in [0, 0.05) is 23.8 Å². The minimum atomic E-state index is -0.235. The van der Waals surface area contributed by atoms with Crippen molar-refractivity contribution in [2.75, 3.05) is 32.0 Å². The lowest BCUT2D eigenvalue weighted by Gasteiger charge is -2.24. The summed E-state index contributed by atoms with van der Waals surface area (Å²) < 4.78 is 0. The molecule has 0 fully saturated rings. The first-order chi connectivity index (χ1) is 12.9. The van der Waals surface area contributed by atoms with E-state index in [1.54, 1.807) is 17.0 Å². The third-order valence-electron chi connectivity index (χ3n) is 4.24. The van der Waals surface area contributed by atoms with Crippen molar-refractivity contribution in [1.29, 1.82) is 0 Å². The van der Waals surface area contributed by atoms with Gasteiger partial charge in [0.25, 0.3) is 0 Å². The van der Waals surface area contributed by atoms with E-state index >= 15 is 0 Å². The number of carbonyl (C=O) groups excluding carboxylic acids is 2. The zero-order valence-electron chi connectivity index (χ0n) is 16.0. The van der Waals surface area contributed by atoms with Gasteiger partial charge in [0.1, 0.15) is 0 Å². The Bertz CT molecular complexity index is 780. The molecular formula is C21H26ClN3O2. The molecule has 5 nitrogen and oxygen atoms in total. The van der Waals surface area contributed by atoms with Crippen LogP contribution in [0.15, 0.2) is 48.5 Å². The summed E-state index contributed by atoms with van der Waals surface area (Å²) in [5.74, 6) is -0.310. The van der Waals surface area contributed by atoms with Gasteiger partial charge in [-0.3, -0.25) is 14.5 Å². The van der Waals surface area contributed by atoms with E-state index in [-0.39, 0.29) is 24.9 Å². The van der Waals surface area contributed by atoms with Crippen molar-refractivity contribution in [3.63, 3.8) is 0 Å². The highest BCUT2D eigenvalue weighted by Crippen LogP contribution is 2.20. The van der Waals surface area contributed by atoms with Crippen molar-refractivity contribution in [3.8, 4) is 0 Å². The molecular weight excluding hydrogens is 362 g/mol. The molecule has 0 saturated heterocycles. The van der Waals surface area contributed by atoms with Gasteiger partial charge in [-0.25, -0.2) is 0 Å². The quantitative estimate of drug-likeness (QED) is 0.753. The average Bonchev–Trinajstić information content (AvgIpc) is 2.63. The van der Waals surface area contributed by atoms with E-state index < -0.39 is 0 Å². The summed E-state index contributed by atoms with van der Waals surface area (Å²) in [5, 5.41) is 3.39. The first-order valence-corrected chi connectivity index (χ1v) is 9.33. The largest absolute Gasteiger partial charge is 0.333 e. The number of amides is 2. The normalized spacial score (nSPS) is 10.7. The molecule has 144 valence electrons. The molecule has 2 amide bonds. The first-order valence-electron chi connectivity index (χ1n) is 8.95. The summed E-state index contributed by atoms with van der Waals surface area (Å²) in [6.45, 7) is 5.19. The second-order valence-corrected chi connectivity index (χ2v) is 7.01. The van der Waals surface area contributed by atoms with Crippen LogP contribution in [-0.2, 0) is 16.1 Å². The Hall–Kier alpha value is -2.37. The van der Waals surface area contributed by atoms with Gasteiger partial charge in [0.2, 0.25) is 11.8 Å². The fourth-order valence-electron chi connectivity index (χ4n) is 2.75. The molecule has 0 saturated carbocycles. The Morgan fingerprint density at radius 2 is 1.78 bits per heavy atom. The molecule has 0 atom stereocenters. The number of aryl methyl sites for hydroxylation is 1.